The van der Waals surface area contributed by atoms with Crippen LogP contribution in [0.4, 0.5) is 0 Å². The molecule has 2 unspecified atom stereocenters. The number of aryl methyl sites for hydroxylation is 2. The highest BCUT2D eigenvalue weighted by molar-refractivity contribution is 7.99. The van der Waals surface area contributed by atoms with Gasteiger partial charge in [-0.15, -0.1) is 0 Å². The van der Waals surface area contributed by atoms with Gasteiger partial charge in [-0.1, -0.05) is 6.07 Å². The Bertz CT molecular complexity index is 494. The summed E-state index contributed by atoms with van der Waals surface area (Å²) in [6.07, 6.45) is 6.46. The summed E-state index contributed by atoms with van der Waals surface area (Å²) in [6, 6.07) is 2.23. The number of thioether (sulfide) groups is 1. The first-order valence-corrected chi connectivity index (χ1v) is 9.16. The molecule has 21 heavy (non-hydrogen) atoms. The lowest BCUT2D eigenvalue weighted by atomic mass is 9.77. The Balaban J connectivity index is 1.76. The molecule has 2 aliphatic rings. The first kappa shape index (κ1) is 15.3. The fraction of sp³-hybridized carbons (Fsp3) is 0.706. The lowest BCUT2D eigenvalue weighted by Crippen LogP contribution is -2.45. The van der Waals surface area contributed by atoms with Crippen LogP contribution >= 0.6 is 11.8 Å². The first-order valence-electron chi connectivity index (χ1n) is 8.00. The summed E-state index contributed by atoms with van der Waals surface area (Å²) in [5.74, 6) is 2.95. The summed E-state index contributed by atoms with van der Waals surface area (Å²) >= 11 is 2.05. The number of aromatic nitrogens is 1. The topological polar surface area (TPSA) is 48.1 Å². The molecule has 1 aromatic rings. The summed E-state index contributed by atoms with van der Waals surface area (Å²) in [7, 11) is 0. The van der Waals surface area contributed by atoms with Gasteiger partial charge in [-0.3, -0.25) is 4.98 Å². The minimum Gasteiger partial charge on any atom is -0.375 e. The van der Waals surface area contributed by atoms with Gasteiger partial charge in [-0.05, 0) is 68.1 Å². The lowest BCUT2D eigenvalue weighted by Gasteiger charge is -2.44. The van der Waals surface area contributed by atoms with Crippen molar-refractivity contribution >= 4 is 11.8 Å². The molecule has 4 heteroatoms. The largest absolute Gasteiger partial charge is 0.375 e. The molecular weight excluding hydrogens is 280 g/mol. The Hall–Kier alpha value is -0.580. The van der Waals surface area contributed by atoms with Gasteiger partial charge < -0.3 is 10.5 Å². The molecule has 2 aliphatic heterocycles. The monoisotopic (exact) mass is 306 g/mol. The maximum atomic E-state index is 6.59. The molecule has 1 spiro atoms. The van der Waals surface area contributed by atoms with Crippen molar-refractivity contribution < 1.29 is 4.74 Å². The second-order valence-corrected chi connectivity index (χ2v) is 7.86. The molecule has 2 N–H and O–H groups in total. The van der Waals surface area contributed by atoms with Crippen molar-refractivity contribution in [2.24, 2.45) is 11.7 Å². The Kier molecular flexibility index (Phi) is 4.57. The van der Waals surface area contributed by atoms with Gasteiger partial charge in [0.15, 0.2) is 0 Å². The van der Waals surface area contributed by atoms with E-state index in [2.05, 4.69) is 24.9 Å². The number of nitrogens with zero attached hydrogens (tertiary/aromatic N) is 1. The average Bonchev–Trinajstić information content (AvgIpc) is 2.47. The van der Waals surface area contributed by atoms with Crippen molar-refractivity contribution in [3.63, 3.8) is 0 Å². The Labute approximate surface area is 132 Å². The third kappa shape index (κ3) is 3.27. The third-order valence-electron chi connectivity index (χ3n) is 5.01. The fourth-order valence-electron chi connectivity index (χ4n) is 3.76. The molecule has 2 fully saturated rings. The molecular formula is C17H26N2OS. The number of rotatable bonds is 2. The zero-order valence-corrected chi connectivity index (χ0v) is 13.9. The van der Waals surface area contributed by atoms with Crippen LogP contribution in [0, 0.1) is 19.8 Å². The van der Waals surface area contributed by atoms with Crippen LogP contribution in [-0.4, -0.2) is 28.7 Å². The minimum absolute atomic E-state index is 0.0426. The van der Waals surface area contributed by atoms with Gasteiger partial charge >= 0.3 is 0 Å². The highest BCUT2D eigenvalue weighted by atomic mass is 32.2. The molecule has 3 heterocycles. The van der Waals surface area contributed by atoms with Crippen molar-refractivity contribution in [2.75, 3.05) is 18.1 Å². The van der Waals surface area contributed by atoms with Crippen LogP contribution in [0.25, 0.3) is 0 Å². The maximum Gasteiger partial charge on any atom is 0.0701 e. The molecule has 0 saturated carbocycles. The minimum atomic E-state index is 0.0426. The van der Waals surface area contributed by atoms with Crippen molar-refractivity contribution in [1.82, 2.24) is 4.98 Å². The van der Waals surface area contributed by atoms with E-state index in [0.29, 0.717) is 5.92 Å². The van der Waals surface area contributed by atoms with Crippen molar-refractivity contribution in [1.29, 1.82) is 0 Å². The van der Waals surface area contributed by atoms with Crippen molar-refractivity contribution in [3.05, 3.63) is 29.1 Å². The fourth-order valence-corrected chi connectivity index (χ4v) is 5.00. The Morgan fingerprint density at radius 3 is 2.86 bits per heavy atom. The molecule has 0 radical (unpaired) electrons. The van der Waals surface area contributed by atoms with Gasteiger partial charge in [0.25, 0.3) is 0 Å². The van der Waals surface area contributed by atoms with Crippen molar-refractivity contribution in [2.45, 2.75) is 51.2 Å². The standard InChI is InChI=1S/C17H26N2OS/c1-12-9-13(2)16(19-11-12)15(18)14-3-6-20-17(10-14)4-7-21-8-5-17/h9,11,14-15H,3-8,10,18H2,1-2H3. The van der Waals surface area contributed by atoms with E-state index in [1.165, 1.54) is 35.5 Å². The molecule has 2 atom stereocenters. The molecule has 3 nitrogen and oxygen atoms in total. The van der Waals surface area contributed by atoms with E-state index in [-0.39, 0.29) is 11.6 Å². The number of nitrogens with two attached hydrogens (primary N) is 1. The average molecular weight is 306 g/mol. The summed E-state index contributed by atoms with van der Waals surface area (Å²) in [5, 5.41) is 0. The zero-order valence-electron chi connectivity index (χ0n) is 13.1. The van der Waals surface area contributed by atoms with Crippen LogP contribution in [0.3, 0.4) is 0 Å². The normalized spacial score (nSPS) is 26.7. The highest BCUT2D eigenvalue weighted by Gasteiger charge is 2.41. The van der Waals surface area contributed by atoms with Crippen LogP contribution < -0.4 is 5.73 Å². The predicted molar refractivity (Wildman–Crippen MR) is 88.6 cm³/mol. The molecule has 3 rings (SSSR count). The van der Waals surface area contributed by atoms with E-state index in [0.717, 1.165) is 25.1 Å². The second kappa shape index (κ2) is 6.27. The molecule has 0 aliphatic carbocycles. The number of hydrogen-bond donors (Lipinski definition) is 1. The van der Waals surface area contributed by atoms with E-state index < -0.39 is 0 Å². The maximum absolute atomic E-state index is 6.59. The van der Waals surface area contributed by atoms with E-state index in [1.807, 2.05) is 18.0 Å². The van der Waals surface area contributed by atoms with Gasteiger partial charge in [0, 0.05) is 12.8 Å². The molecule has 2 saturated heterocycles. The first-order chi connectivity index (χ1) is 10.1. The SMILES string of the molecule is Cc1cnc(C(N)C2CCOC3(CCSCC3)C2)c(C)c1. The van der Waals surface area contributed by atoms with Crippen LogP contribution in [0.5, 0.6) is 0 Å². The van der Waals surface area contributed by atoms with Crippen molar-refractivity contribution in [3.8, 4) is 0 Å². The lowest BCUT2D eigenvalue weighted by molar-refractivity contribution is -0.106. The third-order valence-corrected chi connectivity index (χ3v) is 6.00. The van der Waals surface area contributed by atoms with Gasteiger partial charge in [0.2, 0.25) is 0 Å². The van der Waals surface area contributed by atoms with Gasteiger partial charge in [-0.2, -0.15) is 11.8 Å². The van der Waals surface area contributed by atoms with E-state index in [1.54, 1.807) is 0 Å². The van der Waals surface area contributed by atoms with Crippen LogP contribution in [0.1, 0.15) is 48.5 Å². The summed E-state index contributed by atoms with van der Waals surface area (Å²) in [6.45, 7) is 5.06. The highest BCUT2D eigenvalue weighted by Crippen LogP contribution is 2.43. The van der Waals surface area contributed by atoms with E-state index in [4.69, 9.17) is 10.5 Å². The number of ether oxygens (including phenoxy) is 1. The predicted octanol–water partition coefficient (Wildman–Crippen LogP) is 3.39. The summed E-state index contributed by atoms with van der Waals surface area (Å²) in [5.41, 5.74) is 10.2. The van der Waals surface area contributed by atoms with Crippen LogP contribution in [0.2, 0.25) is 0 Å². The van der Waals surface area contributed by atoms with Gasteiger partial charge in [-0.25, -0.2) is 0 Å². The number of hydrogen-bond acceptors (Lipinski definition) is 4. The Morgan fingerprint density at radius 2 is 2.14 bits per heavy atom. The van der Waals surface area contributed by atoms with Gasteiger partial charge in [0.05, 0.1) is 17.3 Å². The second-order valence-electron chi connectivity index (χ2n) is 6.64. The molecule has 0 amide bonds. The quantitative estimate of drug-likeness (QED) is 0.910. The molecule has 0 aromatic carbocycles. The molecule has 116 valence electrons. The zero-order chi connectivity index (χ0) is 14.9. The van der Waals surface area contributed by atoms with Gasteiger partial charge in [0.1, 0.15) is 0 Å². The number of pyridine rings is 1. The molecule has 0 bridgehead atoms. The summed E-state index contributed by atoms with van der Waals surface area (Å²) in [4.78, 5) is 4.62. The van der Waals surface area contributed by atoms with E-state index >= 15 is 0 Å². The summed E-state index contributed by atoms with van der Waals surface area (Å²) < 4.78 is 6.18. The smallest absolute Gasteiger partial charge is 0.0701 e. The van der Waals surface area contributed by atoms with Crippen LogP contribution in [0.15, 0.2) is 12.3 Å². The van der Waals surface area contributed by atoms with E-state index in [9.17, 15) is 0 Å². The molecule has 1 aromatic heterocycles. The Morgan fingerprint density at radius 1 is 1.38 bits per heavy atom. The van der Waals surface area contributed by atoms with Crippen LogP contribution in [-0.2, 0) is 4.74 Å².